The maximum absolute atomic E-state index is 13.3. The van der Waals surface area contributed by atoms with Gasteiger partial charge < -0.3 is 5.32 Å². The summed E-state index contributed by atoms with van der Waals surface area (Å²) < 4.78 is 43.6. The fourth-order valence-corrected chi connectivity index (χ4v) is 4.68. The molecular formula is C18H12ClFN4O3S2. The van der Waals surface area contributed by atoms with Gasteiger partial charge in [0.05, 0.1) is 15.2 Å². The second-order valence-electron chi connectivity index (χ2n) is 6.02. The van der Waals surface area contributed by atoms with Crippen LogP contribution in [-0.4, -0.2) is 36.4 Å². The van der Waals surface area contributed by atoms with E-state index >= 15 is 0 Å². The Balaban J connectivity index is 1.72. The third-order valence-corrected chi connectivity index (χ3v) is 6.76. The molecule has 0 aliphatic carbocycles. The van der Waals surface area contributed by atoms with Crippen LogP contribution in [0.4, 0.5) is 10.1 Å². The predicted molar refractivity (Wildman–Crippen MR) is 111 cm³/mol. The summed E-state index contributed by atoms with van der Waals surface area (Å²) in [6, 6.07) is 11.0. The molecule has 4 rings (SSSR count). The molecule has 148 valence electrons. The van der Waals surface area contributed by atoms with Gasteiger partial charge in [-0.25, -0.2) is 13.7 Å². The Morgan fingerprint density at radius 3 is 2.72 bits per heavy atom. The molecule has 0 spiro atoms. The number of carbonyl (C=O) groups is 1. The Morgan fingerprint density at radius 1 is 1.24 bits per heavy atom. The molecule has 1 aliphatic heterocycles. The summed E-state index contributed by atoms with van der Waals surface area (Å²) in [5, 5.41) is 2.71. The summed E-state index contributed by atoms with van der Waals surface area (Å²) in [6.45, 7) is 0. The number of fused-ring (bicyclic) bond motifs is 1. The number of para-hydroxylation sites is 1. The molecule has 0 atom stereocenters. The molecule has 29 heavy (non-hydrogen) atoms. The van der Waals surface area contributed by atoms with Crippen molar-refractivity contribution in [1.82, 2.24) is 9.29 Å². The molecule has 1 aromatic heterocycles. The smallest absolute Gasteiger partial charge is 0.321 e. The van der Waals surface area contributed by atoms with E-state index in [0.717, 1.165) is 15.1 Å². The average Bonchev–Trinajstić information content (AvgIpc) is 3.11. The molecule has 0 fully saturated rings. The quantitative estimate of drug-likeness (QED) is 0.660. The monoisotopic (exact) mass is 450 g/mol. The number of aromatic nitrogens is 1. The highest BCUT2D eigenvalue weighted by Gasteiger charge is 2.31. The first kappa shape index (κ1) is 19.5. The van der Waals surface area contributed by atoms with Crippen LogP contribution < -0.4 is 5.32 Å². The van der Waals surface area contributed by atoms with E-state index in [1.807, 2.05) is 18.2 Å². The number of carbonyl (C=O) groups excluding carboxylic acids is 1. The van der Waals surface area contributed by atoms with Crippen molar-refractivity contribution in [3.63, 3.8) is 0 Å². The summed E-state index contributed by atoms with van der Waals surface area (Å²) >= 11 is 6.99. The van der Waals surface area contributed by atoms with E-state index in [2.05, 4.69) is 14.7 Å². The predicted octanol–water partition coefficient (Wildman–Crippen LogP) is 3.59. The number of amides is 1. The second kappa shape index (κ2) is 7.21. The molecule has 3 aromatic rings. The minimum atomic E-state index is -4.12. The van der Waals surface area contributed by atoms with Gasteiger partial charge in [-0.2, -0.15) is 8.42 Å². The Morgan fingerprint density at radius 2 is 2.00 bits per heavy atom. The zero-order valence-corrected chi connectivity index (χ0v) is 17.1. The highest BCUT2D eigenvalue weighted by atomic mass is 35.5. The second-order valence-corrected chi connectivity index (χ2v) is 9.08. The highest BCUT2D eigenvalue weighted by molar-refractivity contribution is 7.88. The molecule has 0 bridgehead atoms. The number of allylic oxidation sites excluding steroid dienone is 1. The Bertz CT molecular complexity index is 1280. The summed E-state index contributed by atoms with van der Waals surface area (Å²) in [7, 11) is -2.91. The van der Waals surface area contributed by atoms with Crippen LogP contribution in [0.1, 0.15) is 5.01 Å². The number of benzene rings is 2. The van der Waals surface area contributed by atoms with Crippen molar-refractivity contribution in [3.05, 3.63) is 70.1 Å². The number of halogens is 2. The lowest BCUT2D eigenvalue weighted by molar-refractivity contribution is -0.113. The third kappa shape index (κ3) is 3.74. The van der Waals surface area contributed by atoms with Gasteiger partial charge in [-0.15, -0.1) is 15.7 Å². The van der Waals surface area contributed by atoms with Gasteiger partial charge in [-0.05, 0) is 36.4 Å². The van der Waals surface area contributed by atoms with Crippen LogP contribution in [0.5, 0.6) is 0 Å². The molecule has 1 amide bonds. The van der Waals surface area contributed by atoms with Gasteiger partial charge >= 0.3 is 10.2 Å². The fraction of sp³-hybridized carbons (Fsp3) is 0.0556. The Kier molecular flexibility index (Phi) is 4.85. The molecule has 7 nitrogen and oxygen atoms in total. The number of likely N-dealkylation sites (N-methyl/N-ethyl adjacent to an activating group) is 1. The van der Waals surface area contributed by atoms with Gasteiger partial charge in [0.25, 0.3) is 5.91 Å². The standard InChI is InChI=1S/C18H12ClFN4O3S2/c1-24-15(17(25)21-10-6-7-12(20)11(19)8-10)9-14(23-29(24,26)27)18-22-13-4-2-3-5-16(13)28-18/h2-9H,1H3,(H,21,25). The van der Waals surface area contributed by atoms with E-state index in [-0.39, 0.29) is 22.1 Å². The molecule has 0 saturated heterocycles. The van der Waals surface area contributed by atoms with Gasteiger partial charge in [-0.3, -0.25) is 4.79 Å². The summed E-state index contributed by atoms with van der Waals surface area (Å²) in [5.41, 5.74) is 0.824. The normalized spacial score (nSPS) is 15.8. The number of thiazole rings is 1. The van der Waals surface area contributed by atoms with Gasteiger partial charge in [0.1, 0.15) is 22.2 Å². The lowest BCUT2D eigenvalue weighted by Gasteiger charge is -2.23. The van der Waals surface area contributed by atoms with Crippen molar-refractivity contribution in [2.75, 3.05) is 12.4 Å². The molecule has 2 aromatic carbocycles. The van der Waals surface area contributed by atoms with Crippen LogP contribution in [0.2, 0.25) is 5.02 Å². The zero-order chi connectivity index (χ0) is 20.8. The first-order valence-electron chi connectivity index (χ1n) is 8.17. The van der Waals surface area contributed by atoms with Gasteiger partial charge in [0.15, 0.2) is 0 Å². The fourth-order valence-electron chi connectivity index (χ4n) is 2.62. The number of rotatable bonds is 3. The average molecular weight is 451 g/mol. The Labute approximate surface area is 174 Å². The number of hydrogen-bond donors (Lipinski definition) is 1. The molecule has 2 heterocycles. The molecule has 1 N–H and O–H groups in total. The highest BCUT2D eigenvalue weighted by Crippen LogP contribution is 2.27. The zero-order valence-electron chi connectivity index (χ0n) is 14.8. The molecule has 1 aliphatic rings. The lowest BCUT2D eigenvalue weighted by Crippen LogP contribution is -2.35. The van der Waals surface area contributed by atoms with Crippen LogP contribution in [0.15, 0.2) is 58.6 Å². The summed E-state index contributed by atoms with van der Waals surface area (Å²) in [5.74, 6) is -1.35. The number of nitrogens with one attached hydrogen (secondary N) is 1. The topological polar surface area (TPSA) is 91.7 Å². The van der Waals surface area contributed by atoms with E-state index in [4.69, 9.17) is 11.6 Å². The van der Waals surface area contributed by atoms with E-state index < -0.39 is 21.9 Å². The van der Waals surface area contributed by atoms with Crippen molar-refractivity contribution >= 4 is 60.7 Å². The van der Waals surface area contributed by atoms with Crippen LogP contribution in [0.3, 0.4) is 0 Å². The largest absolute Gasteiger partial charge is 0.345 e. The maximum atomic E-state index is 13.3. The summed E-state index contributed by atoms with van der Waals surface area (Å²) in [6.07, 6.45) is 1.35. The number of hydrogen-bond acceptors (Lipinski definition) is 5. The third-order valence-electron chi connectivity index (χ3n) is 4.10. The van der Waals surface area contributed by atoms with Crippen LogP contribution in [-0.2, 0) is 15.0 Å². The number of nitrogens with zero attached hydrogens (tertiary/aromatic N) is 3. The van der Waals surface area contributed by atoms with E-state index in [1.54, 1.807) is 6.07 Å². The first-order valence-corrected chi connectivity index (χ1v) is 10.8. The van der Waals surface area contributed by atoms with Crippen molar-refractivity contribution in [2.24, 2.45) is 4.40 Å². The maximum Gasteiger partial charge on any atom is 0.345 e. The molecule has 0 radical (unpaired) electrons. The van der Waals surface area contributed by atoms with Crippen LogP contribution in [0, 0.1) is 5.82 Å². The first-order chi connectivity index (χ1) is 13.7. The Hall–Kier alpha value is -2.82. The molecule has 0 unspecified atom stereocenters. The SMILES string of the molecule is CN1C(C(=O)Nc2ccc(F)c(Cl)c2)=CC(c2nc3ccccc3s2)=NS1(=O)=O. The van der Waals surface area contributed by atoms with Crippen LogP contribution in [0.25, 0.3) is 10.2 Å². The van der Waals surface area contributed by atoms with Crippen LogP contribution >= 0.6 is 22.9 Å². The molecular weight excluding hydrogens is 439 g/mol. The van der Waals surface area contributed by atoms with Gasteiger partial charge in [0, 0.05) is 12.7 Å². The van der Waals surface area contributed by atoms with Crippen molar-refractivity contribution in [2.45, 2.75) is 0 Å². The molecule has 11 heteroatoms. The van der Waals surface area contributed by atoms with Crippen molar-refractivity contribution in [3.8, 4) is 0 Å². The van der Waals surface area contributed by atoms with E-state index in [1.165, 1.54) is 36.6 Å². The minimum Gasteiger partial charge on any atom is -0.321 e. The lowest BCUT2D eigenvalue weighted by atomic mass is 10.2. The van der Waals surface area contributed by atoms with E-state index in [0.29, 0.717) is 10.5 Å². The van der Waals surface area contributed by atoms with Crippen molar-refractivity contribution < 1.29 is 17.6 Å². The van der Waals surface area contributed by atoms with Crippen molar-refractivity contribution in [1.29, 1.82) is 0 Å². The summed E-state index contributed by atoms with van der Waals surface area (Å²) in [4.78, 5) is 17.1. The van der Waals surface area contributed by atoms with Gasteiger partial charge in [-0.1, -0.05) is 23.7 Å². The van der Waals surface area contributed by atoms with E-state index in [9.17, 15) is 17.6 Å². The number of anilines is 1. The van der Waals surface area contributed by atoms with Gasteiger partial charge in [0.2, 0.25) is 0 Å². The molecule has 0 saturated carbocycles. The minimum absolute atomic E-state index is 0.0617.